The molecule has 0 bridgehead atoms. The van der Waals surface area contributed by atoms with Crippen LogP contribution in [0.1, 0.15) is 10.4 Å². The first-order valence-electron chi connectivity index (χ1n) is 9.17. The molecule has 164 valence electrons. The SMILES string of the molecule is O=C(NCCn1cc(-c2nc(-c3ccccn3)no2)nn1)c1cccc(OC(F)(F)F)c1. The summed E-state index contributed by atoms with van der Waals surface area (Å²) in [5.74, 6) is -0.577. The first kappa shape index (κ1) is 21.0. The molecule has 32 heavy (non-hydrogen) atoms. The van der Waals surface area contributed by atoms with E-state index in [4.69, 9.17) is 4.52 Å². The molecule has 0 saturated carbocycles. The number of carbonyl (C=O) groups is 1. The van der Waals surface area contributed by atoms with Gasteiger partial charge in [0.25, 0.3) is 11.8 Å². The van der Waals surface area contributed by atoms with Gasteiger partial charge in [0.05, 0.1) is 12.7 Å². The Balaban J connectivity index is 1.33. The minimum Gasteiger partial charge on any atom is -0.406 e. The zero-order valence-electron chi connectivity index (χ0n) is 16.2. The van der Waals surface area contributed by atoms with E-state index in [0.29, 0.717) is 17.2 Å². The van der Waals surface area contributed by atoms with Crippen LogP contribution in [0.15, 0.2) is 59.4 Å². The number of halogens is 3. The second kappa shape index (κ2) is 8.83. The number of amides is 1. The van der Waals surface area contributed by atoms with Crippen LogP contribution in [0, 0.1) is 0 Å². The van der Waals surface area contributed by atoms with E-state index >= 15 is 0 Å². The molecule has 3 heterocycles. The lowest BCUT2D eigenvalue weighted by molar-refractivity contribution is -0.274. The van der Waals surface area contributed by atoms with Gasteiger partial charge in [0.15, 0.2) is 5.69 Å². The molecule has 1 aromatic carbocycles. The monoisotopic (exact) mass is 445 g/mol. The third-order valence-corrected chi connectivity index (χ3v) is 4.03. The van der Waals surface area contributed by atoms with Gasteiger partial charge in [-0.2, -0.15) is 4.98 Å². The van der Waals surface area contributed by atoms with Gasteiger partial charge in [-0.3, -0.25) is 9.78 Å². The van der Waals surface area contributed by atoms with E-state index in [-0.39, 0.29) is 24.5 Å². The van der Waals surface area contributed by atoms with Crippen molar-refractivity contribution in [3.8, 4) is 28.9 Å². The second-order valence-electron chi connectivity index (χ2n) is 6.34. The maximum atomic E-state index is 12.3. The first-order chi connectivity index (χ1) is 15.4. The standard InChI is InChI=1S/C19H14F3N7O3/c20-19(21,22)31-13-5-3-4-12(10-13)17(30)24-8-9-29-11-15(26-28-29)18-25-16(27-32-18)14-6-1-2-7-23-14/h1-7,10-11H,8-9H2,(H,24,30). The number of aromatic nitrogens is 6. The predicted octanol–water partition coefficient (Wildman–Crippen LogP) is 2.72. The molecule has 4 rings (SSSR count). The molecule has 0 aliphatic heterocycles. The van der Waals surface area contributed by atoms with Crippen molar-refractivity contribution < 1.29 is 27.2 Å². The van der Waals surface area contributed by atoms with Gasteiger partial charge < -0.3 is 14.6 Å². The molecule has 10 nitrogen and oxygen atoms in total. The summed E-state index contributed by atoms with van der Waals surface area (Å²) in [6.07, 6.45) is -1.67. The van der Waals surface area contributed by atoms with Crippen LogP contribution in [0.2, 0.25) is 0 Å². The first-order valence-corrected chi connectivity index (χ1v) is 9.17. The van der Waals surface area contributed by atoms with Gasteiger partial charge in [-0.1, -0.05) is 22.5 Å². The Hall–Kier alpha value is -4.29. The highest BCUT2D eigenvalue weighted by molar-refractivity contribution is 5.94. The fourth-order valence-corrected chi connectivity index (χ4v) is 2.65. The Morgan fingerprint density at radius 3 is 2.81 bits per heavy atom. The number of nitrogens with one attached hydrogen (secondary N) is 1. The Morgan fingerprint density at radius 1 is 1.16 bits per heavy atom. The molecule has 0 atom stereocenters. The van der Waals surface area contributed by atoms with Crippen LogP contribution in [-0.4, -0.2) is 48.9 Å². The summed E-state index contributed by atoms with van der Waals surface area (Å²) in [7, 11) is 0. The van der Waals surface area contributed by atoms with Crippen LogP contribution in [0.4, 0.5) is 13.2 Å². The van der Waals surface area contributed by atoms with Crippen LogP contribution in [0.3, 0.4) is 0 Å². The van der Waals surface area contributed by atoms with E-state index in [9.17, 15) is 18.0 Å². The lowest BCUT2D eigenvalue weighted by Gasteiger charge is -2.10. The van der Waals surface area contributed by atoms with Gasteiger partial charge in [0.2, 0.25) is 5.82 Å². The van der Waals surface area contributed by atoms with Crippen LogP contribution in [-0.2, 0) is 6.54 Å². The highest BCUT2D eigenvalue weighted by Crippen LogP contribution is 2.23. The average Bonchev–Trinajstić information content (AvgIpc) is 3.43. The molecular formula is C19H14F3N7O3. The molecule has 0 radical (unpaired) electrons. The summed E-state index contributed by atoms with van der Waals surface area (Å²) >= 11 is 0. The van der Waals surface area contributed by atoms with Crippen molar-refractivity contribution in [2.75, 3.05) is 6.54 Å². The van der Waals surface area contributed by atoms with Gasteiger partial charge in [-0.25, -0.2) is 4.68 Å². The summed E-state index contributed by atoms with van der Waals surface area (Å²) in [5, 5.41) is 14.3. The Morgan fingerprint density at radius 2 is 2.03 bits per heavy atom. The summed E-state index contributed by atoms with van der Waals surface area (Å²) in [5.41, 5.74) is 0.907. The van der Waals surface area contributed by atoms with Crippen molar-refractivity contribution in [2.24, 2.45) is 0 Å². The van der Waals surface area contributed by atoms with Crippen molar-refractivity contribution in [1.29, 1.82) is 0 Å². The normalized spacial score (nSPS) is 11.3. The number of ether oxygens (including phenoxy) is 1. The number of hydrogen-bond donors (Lipinski definition) is 1. The number of alkyl halides is 3. The topological polar surface area (TPSA) is 121 Å². The van der Waals surface area contributed by atoms with Crippen molar-refractivity contribution >= 4 is 5.91 Å². The molecule has 1 amide bonds. The zero-order chi connectivity index (χ0) is 22.6. The number of hydrogen-bond acceptors (Lipinski definition) is 8. The number of benzene rings is 1. The van der Waals surface area contributed by atoms with E-state index in [1.165, 1.54) is 16.8 Å². The van der Waals surface area contributed by atoms with Crippen LogP contribution < -0.4 is 10.1 Å². The van der Waals surface area contributed by atoms with Crippen LogP contribution >= 0.6 is 0 Å². The lowest BCUT2D eigenvalue weighted by Crippen LogP contribution is -2.27. The average molecular weight is 445 g/mol. The van der Waals surface area contributed by atoms with Crippen LogP contribution in [0.5, 0.6) is 5.75 Å². The van der Waals surface area contributed by atoms with Crippen molar-refractivity contribution in [2.45, 2.75) is 12.9 Å². The van der Waals surface area contributed by atoms with E-state index in [1.54, 1.807) is 30.6 Å². The predicted molar refractivity (Wildman–Crippen MR) is 102 cm³/mol. The summed E-state index contributed by atoms with van der Waals surface area (Å²) in [4.78, 5) is 20.5. The molecular weight excluding hydrogens is 431 g/mol. The molecule has 13 heteroatoms. The number of nitrogens with zero attached hydrogens (tertiary/aromatic N) is 6. The van der Waals surface area contributed by atoms with Gasteiger partial charge >= 0.3 is 6.36 Å². The van der Waals surface area contributed by atoms with Crippen LogP contribution in [0.25, 0.3) is 23.1 Å². The maximum absolute atomic E-state index is 12.3. The Kier molecular flexibility index (Phi) is 5.79. The fraction of sp³-hybridized carbons (Fsp3) is 0.158. The summed E-state index contributed by atoms with van der Waals surface area (Å²) in [6.45, 7) is 0.397. The minimum absolute atomic E-state index is 0.0268. The third kappa shape index (κ3) is 5.24. The molecule has 4 aromatic rings. The van der Waals surface area contributed by atoms with E-state index in [1.807, 2.05) is 0 Å². The molecule has 0 aliphatic carbocycles. The molecule has 0 saturated heterocycles. The van der Waals surface area contributed by atoms with Gasteiger partial charge in [0, 0.05) is 18.3 Å². The maximum Gasteiger partial charge on any atom is 0.573 e. The highest BCUT2D eigenvalue weighted by Gasteiger charge is 2.31. The summed E-state index contributed by atoms with van der Waals surface area (Å²) in [6, 6.07) is 10.1. The molecule has 3 aromatic heterocycles. The van der Waals surface area contributed by atoms with Crippen molar-refractivity contribution in [1.82, 2.24) is 35.4 Å². The molecule has 0 aliphatic rings. The smallest absolute Gasteiger partial charge is 0.406 e. The van der Waals surface area contributed by atoms with Gasteiger partial charge in [-0.05, 0) is 30.3 Å². The largest absolute Gasteiger partial charge is 0.573 e. The Labute approximate surface area is 178 Å². The molecule has 0 spiro atoms. The van der Waals surface area contributed by atoms with Crippen molar-refractivity contribution in [3.63, 3.8) is 0 Å². The zero-order valence-corrected chi connectivity index (χ0v) is 16.2. The highest BCUT2D eigenvalue weighted by atomic mass is 19.4. The van der Waals surface area contributed by atoms with Crippen molar-refractivity contribution in [3.05, 3.63) is 60.4 Å². The Bertz CT molecular complexity index is 1210. The molecule has 1 N–H and O–H groups in total. The van der Waals surface area contributed by atoms with E-state index in [2.05, 4.69) is 35.5 Å². The van der Waals surface area contributed by atoms with Gasteiger partial charge in [0.1, 0.15) is 11.4 Å². The number of carbonyl (C=O) groups excluding carboxylic acids is 1. The van der Waals surface area contributed by atoms with E-state index in [0.717, 1.165) is 12.1 Å². The van der Waals surface area contributed by atoms with Gasteiger partial charge in [-0.15, -0.1) is 18.3 Å². The minimum atomic E-state index is -4.84. The fourth-order valence-electron chi connectivity index (χ4n) is 2.65. The molecule has 0 fully saturated rings. The number of pyridine rings is 1. The third-order valence-electron chi connectivity index (χ3n) is 4.03. The number of rotatable bonds is 7. The quantitative estimate of drug-likeness (QED) is 0.461. The molecule has 0 unspecified atom stereocenters. The van der Waals surface area contributed by atoms with E-state index < -0.39 is 18.0 Å². The second-order valence-corrected chi connectivity index (χ2v) is 6.34. The lowest BCUT2D eigenvalue weighted by atomic mass is 10.2. The summed E-state index contributed by atoms with van der Waals surface area (Å²) < 4.78 is 47.4.